The molecule has 0 radical (unpaired) electrons. The minimum absolute atomic E-state index is 0.277. The van der Waals surface area contributed by atoms with Crippen molar-refractivity contribution in [3.05, 3.63) is 53.2 Å². The van der Waals surface area contributed by atoms with E-state index >= 15 is 0 Å². The second-order valence-corrected chi connectivity index (χ2v) is 4.48. The Labute approximate surface area is 110 Å². The van der Waals surface area contributed by atoms with E-state index < -0.39 is 11.9 Å². The van der Waals surface area contributed by atoms with E-state index in [2.05, 4.69) is 10.6 Å². The molecule has 1 heterocycles. The van der Waals surface area contributed by atoms with Gasteiger partial charge in [-0.1, -0.05) is 36.4 Å². The topological polar surface area (TPSA) is 58.2 Å². The van der Waals surface area contributed by atoms with E-state index in [4.69, 9.17) is 0 Å². The summed E-state index contributed by atoms with van der Waals surface area (Å²) in [5, 5.41) is 6.88. The molecule has 0 saturated carbocycles. The average molecular weight is 252 g/mol. The van der Waals surface area contributed by atoms with E-state index in [1.165, 1.54) is 5.56 Å². The molecule has 3 amide bonds. The minimum Gasteiger partial charge on any atom is -0.303 e. The van der Waals surface area contributed by atoms with Crippen LogP contribution >= 0.6 is 0 Å². The first kappa shape index (κ1) is 11.5. The summed E-state index contributed by atoms with van der Waals surface area (Å²) in [5.74, 6) is -0.394. The standard InChI is InChI=1S/C15H12N2O2/c1-9-6-7-10(12-5-3-2-4-11(9)12)8-13-14(18)17-15(19)16-13/h2-8H,1H3,(H2,16,17,18,19). The molecule has 1 saturated heterocycles. The number of urea groups is 1. The van der Waals surface area contributed by atoms with Crippen molar-refractivity contribution in [3.63, 3.8) is 0 Å². The maximum atomic E-state index is 11.5. The fourth-order valence-electron chi connectivity index (χ4n) is 2.24. The normalized spacial score (nSPS) is 16.8. The number of rotatable bonds is 1. The van der Waals surface area contributed by atoms with Crippen molar-refractivity contribution in [2.24, 2.45) is 0 Å². The Morgan fingerprint density at radius 2 is 1.68 bits per heavy atom. The third kappa shape index (κ3) is 1.97. The summed E-state index contributed by atoms with van der Waals surface area (Å²) in [5.41, 5.74) is 2.37. The van der Waals surface area contributed by atoms with Crippen molar-refractivity contribution in [2.75, 3.05) is 0 Å². The Hall–Kier alpha value is -2.62. The highest BCUT2D eigenvalue weighted by molar-refractivity contribution is 6.14. The lowest BCUT2D eigenvalue weighted by molar-refractivity contribution is -0.115. The van der Waals surface area contributed by atoms with Crippen LogP contribution in [0.4, 0.5) is 4.79 Å². The zero-order valence-electron chi connectivity index (χ0n) is 10.4. The Balaban J connectivity index is 2.17. The van der Waals surface area contributed by atoms with Crippen molar-refractivity contribution >= 4 is 28.8 Å². The van der Waals surface area contributed by atoms with Crippen LogP contribution in [0.3, 0.4) is 0 Å². The molecule has 94 valence electrons. The zero-order chi connectivity index (χ0) is 13.4. The molecule has 0 unspecified atom stereocenters. The smallest absolute Gasteiger partial charge is 0.303 e. The fourth-order valence-corrected chi connectivity index (χ4v) is 2.24. The number of amides is 3. The van der Waals surface area contributed by atoms with Gasteiger partial charge in [0.05, 0.1) is 0 Å². The van der Waals surface area contributed by atoms with Gasteiger partial charge in [0.2, 0.25) is 0 Å². The Bertz CT molecular complexity index is 732. The largest absolute Gasteiger partial charge is 0.326 e. The average Bonchev–Trinajstić information content (AvgIpc) is 2.72. The van der Waals surface area contributed by atoms with E-state index in [0.717, 1.165) is 16.3 Å². The van der Waals surface area contributed by atoms with Crippen LogP contribution in [0.1, 0.15) is 11.1 Å². The van der Waals surface area contributed by atoms with Crippen LogP contribution in [0.5, 0.6) is 0 Å². The molecule has 0 bridgehead atoms. The van der Waals surface area contributed by atoms with Gasteiger partial charge in [0.25, 0.3) is 5.91 Å². The molecule has 2 aromatic carbocycles. The molecule has 1 aliphatic rings. The maximum absolute atomic E-state index is 11.5. The van der Waals surface area contributed by atoms with E-state index in [-0.39, 0.29) is 5.70 Å². The van der Waals surface area contributed by atoms with E-state index in [1.54, 1.807) is 6.08 Å². The molecule has 1 aliphatic heterocycles. The van der Waals surface area contributed by atoms with Crippen LogP contribution in [0.15, 0.2) is 42.1 Å². The first-order valence-electron chi connectivity index (χ1n) is 5.97. The molecule has 4 nitrogen and oxygen atoms in total. The van der Waals surface area contributed by atoms with Gasteiger partial charge in [0, 0.05) is 0 Å². The Morgan fingerprint density at radius 3 is 2.37 bits per heavy atom. The first-order valence-corrected chi connectivity index (χ1v) is 5.97. The lowest BCUT2D eigenvalue weighted by atomic mass is 10.00. The highest BCUT2D eigenvalue weighted by Crippen LogP contribution is 2.24. The zero-order valence-corrected chi connectivity index (χ0v) is 10.4. The van der Waals surface area contributed by atoms with Crippen LogP contribution in [-0.2, 0) is 4.79 Å². The van der Waals surface area contributed by atoms with Gasteiger partial charge in [0.15, 0.2) is 0 Å². The number of hydrogen-bond acceptors (Lipinski definition) is 2. The molecular formula is C15H12N2O2. The highest BCUT2D eigenvalue weighted by atomic mass is 16.2. The van der Waals surface area contributed by atoms with Crippen molar-refractivity contribution < 1.29 is 9.59 Å². The number of nitrogens with one attached hydrogen (secondary N) is 2. The predicted molar refractivity (Wildman–Crippen MR) is 73.3 cm³/mol. The summed E-state index contributed by atoms with van der Waals surface area (Å²) in [6.45, 7) is 2.04. The molecular weight excluding hydrogens is 240 g/mol. The maximum Gasteiger partial charge on any atom is 0.326 e. The Kier molecular flexibility index (Phi) is 2.56. The number of hydrogen-bond donors (Lipinski definition) is 2. The molecule has 4 heteroatoms. The molecule has 1 fully saturated rings. The Morgan fingerprint density at radius 1 is 0.947 bits per heavy atom. The third-order valence-electron chi connectivity index (χ3n) is 3.20. The van der Waals surface area contributed by atoms with Gasteiger partial charge >= 0.3 is 6.03 Å². The van der Waals surface area contributed by atoms with Gasteiger partial charge in [-0.05, 0) is 34.9 Å². The van der Waals surface area contributed by atoms with Crippen LogP contribution in [-0.4, -0.2) is 11.9 Å². The fraction of sp³-hybridized carbons (Fsp3) is 0.0667. The summed E-state index contributed by atoms with van der Waals surface area (Å²) in [6.07, 6.45) is 1.70. The summed E-state index contributed by atoms with van der Waals surface area (Å²) < 4.78 is 0. The summed E-state index contributed by atoms with van der Waals surface area (Å²) in [7, 11) is 0. The van der Waals surface area contributed by atoms with Gasteiger partial charge < -0.3 is 5.32 Å². The predicted octanol–water partition coefficient (Wildman–Crippen LogP) is 2.33. The van der Waals surface area contributed by atoms with Crippen molar-refractivity contribution in [1.29, 1.82) is 0 Å². The number of aryl methyl sites for hydroxylation is 1. The number of imide groups is 1. The van der Waals surface area contributed by atoms with E-state index in [1.807, 2.05) is 43.3 Å². The molecule has 0 aromatic heterocycles. The summed E-state index contributed by atoms with van der Waals surface area (Å²) in [6, 6.07) is 11.5. The van der Waals surface area contributed by atoms with Crippen LogP contribution < -0.4 is 10.6 Å². The van der Waals surface area contributed by atoms with Gasteiger partial charge in [-0.15, -0.1) is 0 Å². The number of fused-ring (bicyclic) bond motifs is 1. The third-order valence-corrected chi connectivity index (χ3v) is 3.20. The monoisotopic (exact) mass is 252 g/mol. The molecule has 0 aliphatic carbocycles. The molecule has 0 atom stereocenters. The van der Waals surface area contributed by atoms with Crippen LogP contribution in [0.2, 0.25) is 0 Å². The van der Waals surface area contributed by atoms with E-state index in [9.17, 15) is 9.59 Å². The summed E-state index contributed by atoms with van der Waals surface area (Å²) >= 11 is 0. The minimum atomic E-state index is -0.479. The van der Waals surface area contributed by atoms with Gasteiger partial charge in [-0.3, -0.25) is 10.1 Å². The van der Waals surface area contributed by atoms with Gasteiger partial charge in [0.1, 0.15) is 5.70 Å². The SMILES string of the molecule is Cc1ccc(C=C2NC(=O)NC2=O)c2ccccc12. The molecule has 2 aromatic rings. The van der Waals surface area contributed by atoms with Crippen LogP contribution in [0.25, 0.3) is 16.8 Å². The molecule has 0 spiro atoms. The second kappa shape index (κ2) is 4.24. The quantitative estimate of drug-likeness (QED) is 0.604. The second-order valence-electron chi connectivity index (χ2n) is 4.48. The number of benzene rings is 2. The lowest BCUT2D eigenvalue weighted by Gasteiger charge is -2.06. The van der Waals surface area contributed by atoms with Gasteiger partial charge in [-0.25, -0.2) is 4.79 Å². The van der Waals surface area contributed by atoms with Crippen LogP contribution in [0, 0.1) is 6.92 Å². The van der Waals surface area contributed by atoms with Crippen molar-refractivity contribution in [1.82, 2.24) is 10.6 Å². The molecule has 3 rings (SSSR count). The summed E-state index contributed by atoms with van der Waals surface area (Å²) in [4.78, 5) is 22.6. The number of carbonyl (C=O) groups is 2. The lowest BCUT2D eigenvalue weighted by Crippen LogP contribution is -2.22. The first-order chi connectivity index (χ1) is 9.15. The van der Waals surface area contributed by atoms with Crippen molar-refractivity contribution in [2.45, 2.75) is 6.92 Å². The highest BCUT2D eigenvalue weighted by Gasteiger charge is 2.22. The van der Waals surface area contributed by atoms with Gasteiger partial charge in [-0.2, -0.15) is 0 Å². The van der Waals surface area contributed by atoms with E-state index in [0.29, 0.717) is 0 Å². The van der Waals surface area contributed by atoms with Crippen molar-refractivity contribution in [3.8, 4) is 0 Å². The number of carbonyl (C=O) groups excluding carboxylic acids is 2. The molecule has 2 N–H and O–H groups in total. The molecule has 19 heavy (non-hydrogen) atoms.